The molecule has 1 amide bonds. The van der Waals surface area contributed by atoms with Crippen LogP contribution in [0.2, 0.25) is 0 Å². The van der Waals surface area contributed by atoms with Gasteiger partial charge in [0, 0.05) is 17.8 Å². The molecule has 0 fully saturated rings. The summed E-state index contributed by atoms with van der Waals surface area (Å²) in [4.78, 5) is 14.4. The smallest absolute Gasteiger partial charge is 0.307 e. The molecule has 1 aliphatic heterocycles. The van der Waals surface area contributed by atoms with E-state index >= 15 is 0 Å². The topological polar surface area (TPSA) is 57.8 Å². The molecule has 0 spiro atoms. The standard InChI is InChI=1S/C21H27N3O2/c1-6-24-18-10-14(2)16(11-17(18)15(3)12-21(24,4)5)13-22-23-20(25)19-8-7-9-26-19/h7-11,13,15H,6,12H2,1-5H3,(H,23,25)/b22-13-. The average molecular weight is 353 g/mol. The summed E-state index contributed by atoms with van der Waals surface area (Å²) >= 11 is 0. The van der Waals surface area contributed by atoms with E-state index in [1.807, 2.05) is 0 Å². The van der Waals surface area contributed by atoms with Gasteiger partial charge in [-0.3, -0.25) is 4.79 Å². The van der Waals surface area contributed by atoms with Crippen molar-refractivity contribution >= 4 is 17.8 Å². The van der Waals surface area contributed by atoms with E-state index in [1.165, 1.54) is 17.5 Å². The van der Waals surface area contributed by atoms with Crippen LogP contribution in [0.15, 0.2) is 40.0 Å². The third-order valence-electron chi connectivity index (χ3n) is 5.20. The maximum Gasteiger partial charge on any atom is 0.307 e. The number of amides is 1. The van der Waals surface area contributed by atoms with Crippen molar-refractivity contribution in [2.45, 2.75) is 52.5 Å². The maximum absolute atomic E-state index is 11.9. The molecule has 1 aromatic heterocycles. The van der Waals surface area contributed by atoms with E-state index in [2.05, 4.69) is 62.2 Å². The van der Waals surface area contributed by atoms with E-state index in [1.54, 1.807) is 18.3 Å². The Balaban J connectivity index is 1.85. The van der Waals surface area contributed by atoms with Crippen LogP contribution >= 0.6 is 0 Å². The molecular formula is C21H27N3O2. The number of carbonyl (C=O) groups is 1. The molecular weight excluding hydrogens is 326 g/mol. The Morgan fingerprint density at radius 2 is 2.23 bits per heavy atom. The minimum Gasteiger partial charge on any atom is -0.459 e. The molecule has 0 bridgehead atoms. The van der Waals surface area contributed by atoms with Crippen molar-refractivity contribution in [1.29, 1.82) is 0 Å². The number of furan rings is 1. The first-order valence-electron chi connectivity index (χ1n) is 9.12. The van der Waals surface area contributed by atoms with Gasteiger partial charge in [0.15, 0.2) is 5.76 Å². The lowest BCUT2D eigenvalue weighted by atomic mass is 9.79. The Morgan fingerprint density at radius 3 is 2.88 bits per heavy atom. The quantitative estimate of drug-likeness (QED) is 0.652. The number of nitrogens with one attached hydrogen (secondary N) is 1. The number of hydrogen-bond acceptors (Lipinski definition) is 4. The second kappa shape index (κ2) is 6.98. The highest BCUT2D eigenvalue weighted by Crippen LogP contribution is 2.43. The highest BCUT2D eigenvalue weighted by molar-refractivity contribution is 5.92. The van der Waals surface area contributed by atoms with E-state index in [-0.39, 0.29) is 17.2 Å². The SMILES string of the molecule is CCN1c2cc(C)c(/C=N\NC(=O)c3ccco3)cc2C(C)CC1(C)C. The van der Waals surface area contributed by atoms with E-state index in [4.69, 9.17) is 4.42 Å². The Morgan fingerprint density at radius 1 is 1.46 bits per heavy atom. The lowest BCUT2D eigenvalue weighted by molar-refractivity contribution is 0.0927. The number of carbonyl (C=O) groups excluding carboxylic acids is 1. The van der Waals surface area contributed by atoms with Crippen LogP contribution in [0.5, 0.6) is 0 Å². The van der Waals surface area contributed by atoms with E-state index < -0.39 is 0 Å². The van der Waals surface area contributed by atoms with E-state index in [0.717, 1.165) is 24.1 Å². The van der Waals surface area contributed by atoms with Crippen LogP contribution in [0, 0.1) is 6.92 Å². The largest absolute Gasteiger partial charge is 0.459 e. The molecule has 5 nitrogen and oxygen atoms in total. The van der Waals surface area contributed by atoms with Crippen molar-refractivity contribution in [3.63, 3.8) is 0 Å². The van der Waals surface area contributed by atoms with Crippen molar-refractivity contribution in [1.82, 2.24) is 5.43 Å². The fourth-order valence-corrected chi connectivity index (χ4v) is 4.01. The molecule has 0 aliphatic carbocycles. The Labute approximate surface area is 155 Å². The zero-order chi connectivity index (χ0) is 18.9. The fraction of sp³-hybridized carbons (Fsp3) is 0.429. The first-order chi connectivity index (χ1) is 12.3. The number of anilines is 1. The molecule has 26 heavy (non-hydrogen) atoms. The summed E-state index contributed by atoms with van der Waals surface area (Å²) in [5.41, 5.74) is 7.48. The van der Waals surface area contributed by atoms with Gasteiger partial charge in [-0.25, -0.2) is 5.43 Å². The van der Waals surface area contributed by atoms with Crippen molar-refractivity contribution in [3.8, 4) is 0 Å². The lowest BCUT2D eigenvalue weighted by Gasteiger charge is -2.47. The highest BCUT2D eigenvalue weighted by atomic mass is 16.3. The van der Waals surface area contributed by atoms with Gasteiger partial charge in [-0.2, -0.15) is 5.10 Å². The number of benzene rings is 1. The second-order valence-electron chi connectivity index (χ2n) is 7.61. The molecule has 5 heteroatoms. The predicted octanol–water partition coefficient (Wildman–Crippen LogP) is 4.46. The van der Waals surface area contributed by atoms with Gasteiger partial charge in [0.2, 0.25) is 0 Å². The molecule has 3 rings (SSSR count). The fourth-order valence-electron chi connectivity index (χ4n) is 4.01. The zero-order valence-corrected chi connectivity index (χ0v) is 16.2. The molecule has 1 N–H and O–H groups in total. The summed E-state index contributed by atoms with van der Waals surface area (Å²) in [7, 11) is 0. The number of nitrogens with zero attached hydrogens (tertiary/aromatic N) is 2. The summed E-state index contributed by atoms with van der Waals surface area (Å²) in [5, 5.41) is 4.10. The van der Waals surface area contributed by atoms with Gasteiger partial charge < -0.3 is 9.32 Å². The monoisotopic (exact) mass is 353 g/mol. The Hall–Kier alpha value is -2.56. The van der Waals surface area contributed by atoms with Crippen LogP contribution in [0.4, 0.5) is 5.69 Å². The summed E-state index contributed by atoms with van der Waals surface area (Å²) in [6, 6.07) is 7.73. The van der Waals surface area contributed by atoms with Crippen LogP contribution in [-0.4, -0.2) is 24.2 Å². The number of fused-ring (bicyclic) bond motifs is 1. The van der Waals surface area contributed by atoms with Gasteiger partial charge in [0.25, 0.3) is 0 Å². The average Bonchev–Trinajstić information content (AvgIpc) is 3.10. The molecule has 2 aromatic rings. The minimum atomic E-state index is -0.353. The summed E-state index contributed by atoms with van der Waals surface area (Å²) in [6.45, 7) is 12.2. The number of hydrogen-bond donors (Lipinski definition) is 1. The van der Waals surface area contributed by atoms with Crippen molar-refractivity contribution in [2.24, 2.45) is 5.10 Å². The number of rotatable bonds is 4. The van der Waals surface area contributed by atoms with Crippen LogP contribution in [0.1, 0.15) is 67.3 Å². The lowest BCUT2D eigenvalue weighted by Crippen LogP contribution is -2.48. The molecule has 0 saturated heterocycles. The first kappa shape index (κ1) is 18.2. The van der Waals surface area contributed by atoms with Gasteiger partial charge in [0.1, 0.15) is 0 Å². The van der Waals surface area contributed by atoms with Crippen molar-refractivity contribution in [2.75, 3.05) is 11.4 Å². The van der Waals surface area contributed by atoms with Gasteiger partial charge >= 0.3 is 5.91 Å². The molecule has 138 valence electrons. The van der Waals surface area contributed by atoms with Crippen LogP contribution < -0.4 is 10.3 Å². The van der Waals surface area contributed by atoms with E-state index in [9.17, 15) is 4.79 Å². The number of aryl methyl sites for hydroxylation is 1. The minimum absolute atomic E-state index is 0.153. The molecule has 0 saturated carbocycles. The second-order valence-corrected chi connectivity index (χ2v) is 7.61. The molecule has 1 unspecified atom stereocenters. The van der Waals surface area contributed by atoms with Crippen molar-refractivity contribution in [3.05, 3.63) is 53.0 Å². The molecule has 1 aliphatic rings. The van der Waals surface area contributed by atoms with Crippen LogP contribution in [0.25, 0.3) is 0 Å². The van der Waals surface area contributed by atoms with Crippen molar-refractivity contribution < 1.29 is 9.21 Å². The van der Waals surface area contributed by atoms with Gasteiger partial charge in [-0.1, -0.05) is 6.92 Å². The summed E-state index contributed by atoms with van der Waals surface area (Å²) in [6.07, 6.45) is 4.29. The molecule has 1 atom stereocenters. The highest BCUT2D eigenvalue weighted by Gasteiger charge is 2.35. The van der Waals surface area contributed by atoms with Gasteiger partial charge in [-0.05, 0) is 81.0 Å². The Kier molecular flexibility index (Phi) is 4.90. The third-order valence-corrected chi connectivity index (χ3v) is 5.20. The predicted molar refractivity (Wildman–Crippen MR) is 105 cm³/mol. The third kappa shape index (κ3) is 3.39. The Bertz CT molecular complexity index is 822. The normalized spacial score (nSPS) is 18.8. The van der Waals surface area contributed by atoms with Gasteiger partial charge in [0.05, 0.1) is 12.5 Å². The summed E-state index contributed by atoms with van der Waals surface area (Å²) < 4.78 is 5.06. The van der Waals surface area contributed by atoms with Crippen LogP contribution in [0.3, 0.4) is 0 Å². The summed E-state index contributed by atoms with van der Waals surface area (Å²) in [5.74, 6) is 0.376. The van der Waals surface area contributed by atoms with E-state index in [0.29, 0.717) is 5.92 Å². The van der Waals surface area contributed by atoms with Gasteiger partial charge in [-0.15, -0.1) is 0 Å². The molecule has 1 aromatic carbocycles. The van der Waals surface area contributed by atoms with Crippen LogP contribution in [-0.2, 0) is 0 Å². The molecule has 0 radical (unpaired) electrons. The zero-order valence-electron chi connectivity index (χ0n) is 16.2. The maximum atomic E-state index is 11.9. The molecule has 2 heterocycles. The number of hydrazone groups is 1. The first-order valence-corrected chi connectivity index (χ1v) is 9.12.